The highest BCUT2D eigenvalue weighted by atomic mass is 79.9. The first-order valence-electron chi connectivity index (χ1n) is 14.4. The van der Waals surface area contributed by atoms with E-state index in [-0.39, 0.29) is 29.7 Å². The third-order valence-corrected chi connectivity index (χ3v) is 9.75. The summed E-state index contributed by atoms with van der Waals surface area (Å²) in [5, 5.41) is 4.17. The quantitative estimate of drug-likeness (QED) is 0.161. The first-order valence-corrected chi connectivity index (χ1v) is 16.9. The molecule has 0 saturated heterocycles. The molecule has 0 radical (unpaired) electrons. The van der Waals surface area contributed by atoms with Crippen molar-refractivity contribution in [3.8, 4) is 5.75 Å². The second-order valence-electron chi connectivity index (χ2n) is 10.9. The normalized spacial score (nSPS) is 16.1. The van der Waals surface area contributed by atoms with Gasteiger partial charge in [-0.25, -0.2) is 27.8 Å². The minimum atomic E-state index is -3.54. The highest BCUT2D eigenvalue weighted by Gasteiger charge is 2.38. The highest BCUT2D eigenvalue weighted by molar-refractivity contribution is 9.10. The van der Waals surface area contributed by atoms with Gasteiger partial charge in [0.1, 0.15) is 30.3 Å². The number of nitrogens with zero attached hydrogens (tertiary/aromatic N) is 5. The van der Waals surface area contributed by atoms with Gasteiger partial charge in [0.15, 0.2) is 20.5 Å². The molecule has 6 rings (SSSR count). The molecule has 0 saturated carbocycles. The topological polar surface area (TPSA) is 119 Å². The number of rotatable bonds is 12. The number of benzene rings is 2. The molecule has 236 valence electrons. The van der Waals surface area contributed by atoms with Crippen LogP contribution < -0.4 is 10.1 Å². The van der Waals surface area contributed by atoms with Gasteiger partial charge in [0, 0.05) is 36.8 Å². The number of ether oxygens (including phenoxy) is 2. The molecule has 1 aliphatic rings. The highest BCUT2D eigenvalue weighted by Crippen LogP contribution is 2.37. The van der Waals surface area contributed by atoms with Crippen molar-refractivity contribution in [1.29, 1.82) is 0 Å². The van der Waals surface area contributed by atoms with Crippen LogP contribution in [0.25, 0.3) is 10.9 Å². The van der Waals surface area contributed by atoms with Crippen molar-refractivity contribution in [2.45, 2.75) is 23.7 Å². The van der Waals surface area contributed by atoms with Crippen molar-refractivity contribution in [2.24, 2.45) is 0 Å². The van der Waals surface area contributed by atoms with Crippen LogP contribution in [0.3, 0.4) is 0 Å². The van der Waals surface area contributed by atoms with Crippen LogP contribution in [0.15, 0.2) is 107 Å². The number of halogens is 2. The number of fused-ring (bicyclic) bond motifs is 1. The Bertz CT molecular complexity index is 1990. The monoisotopic (exact) mass is 704 g/mol. The summed E-state index contributed by atoms with van der Waals surface area (Å²) in [7, 11) is -1.68. The van der Waals surface area contributed by atoms with Gasteiger partial charge in [0.05, 0.1) is 33.9 Å². The van der Waals surface area contributed by atoms with E-state index in [0.29, 0.717) is 40.2 Å². The van der Waals surface area contributed by atoms with E-state index in [0.717, 1.165) is 16.6 Å². The molecular weight excluding hydrogens is 675 g/mol. The number of anilines is 2. The van der Waals surface area contributed by atoms with E-state index < -0.39 is 15.4 Å². The lowest BCUT2D eigenvalue weighted by Gasteiger charge is -2.32. The lowest BCUT2D eigenvalue weighted by atomic mass is 9.94. The molecule has 2 aromatic carbocycles. The standard InChI is InChI=1S/C33H30BrFN6O4S/c1-41(13-15-46(42,43)31-8-2-3-12-36-31)21-33(11-5-14-45-33)30-18-26-28(19-37-30)38-22-39-32(26)40-25-9-10-29(27(34)17-25)44-20-23-6-4-7-24(35)16-23/h2-10,12,14,16-19,22H,11,13,15,20-21H2,1H3,(H,38,39,40). The average Bonchev–Trinajstić information content (AvgIpc) is 3.53. The molecule has 4 heterocycles. The molecule has 1 unspecified atom stereocenters. The molecule has 3 aromatic heterocycles. The Hall–Kier alpha value is -4.46. The number of sulfone groups is 1. The Balaban J connectivity index is 1.19. The summed E-state index contributed by atoms with van der Waals surface area (Å²) in [5.41, 5.74) is 1.97. The Labute approximate surface area is 274 Å². The SMILES string of the molecule is CN(CCS(=O)(=O)c1ccccn1)CC1(c2cc3c(Nc4ccc(OCc5cccc(F)c5)c(Br)c4)ncnc3cn2)CC=CO1. The molecule has 1 aliphatic heterocycles. The second-order valence-corrected chi connectivity index (χ2v) is 13.8. The summed E-state index contributed by atoms with van der Waals surface area (Å²) in [5.74, 6) is 0.792. The van der Waals surface area contributed by atoms with Gasteiger partial charge in [0.25, 0.3) is 0 Å². The minimum absolute atomic E-state index is 0.0613. The van der Waals surface area contributed by atoms with Gasteiger partial charge < -0.3 is 19.7 Å². The summed E-state index contributed by atoms with van der Waals surface area (Å²) >= 11 is 3.57. The minimum Gasteiger partial charge on any atom is -0.488 e. The fourth-order valence-corrected chi connectivity index (χ4v) is 6.93. The molecule has 1 N–H and O–H groups in total. The number of likely N-dealkylation sites (N-methyl/N-ethyl adjacent to an activating group) is 1. The van der Waals surface area contributed by atoms with Crippen LogP contribution in [-0.4, -0.2) is 59.1 Å². The van der Waals surface area contributed by atoms with Crippen molar-refractivity contribution in [1.82, 2.24) is 24.8 Å². The summed E-state index contributed by atoms with van der Waals surface area (Å²) in [6, 6.07) is 18.6. The fourth-order valence-electron chi connectivity index (χ4n) is 5.17. The molecule has 5 aromatic rings. The molecular formula is C33H30BrFN6O4S. The number of hydrogen-bond donors (Lipinski definition) is 1. The zero-order valence-electron chi connectivity index (χ0n) is 24.8. The molecule has 0 amide bonds. The van der Waals surface area contributed by atoms with Crippen LogP contribution >= 0.6 is 15.9 Å². The van der Waals surface area contributed by atoms with Gasteiger partial charge in [0.2, 0.25) is 0 Å². The van der Waals surface area contributed by atoms with Gasteiger partial charge in [-0.3, -0.25) is 4.98 Å². The summed E-state index contributed by atoms with van der Waals surface area (Å²) < 4.78 is 51.9. The maximum absolute atomic E-state index is 13.5. The largest absolute Gasteiger partial charge is 0.488 e. The van der Waals surface area contributed by atoms with Crippen molar-refractivity contribution in [3.63, 3.8) is 0 Å². The zero-order valence-corrected chi connectivity index (χ0v) is 27.2. The molecule has 10 nitrogen and oxygen atoms in total. The molecule has 13 heteroatoms. The predicted molar refractivity (Wildman–Crippen MR) is 176 cm³/mol. The van der Waals surface area contributed by atoms with Gasteiger partial charge in [-0.15, -0.1) is 0 Å². The van der Waals surface area contributed by atoms with Crippen LogP contribution in [0.4, 0.5) is 15.9 Å². The van der Waals surface area contributed by atoms with Crippen LogP contribution in [0.1, 0.15) is 17.7 Å². The summed E-state index contributed by atoms with van der Waals surface area (Å²) in [6.07, 6.45) is 8.77. The molecule has 46 heavy (non-hydrogen) atoms. The Morgan fingerprint density at radius 1 is 1.07 bits per heavy atom. The lowest BCUT2D eigenvalue weighted by Crippen LogP contribution is -2.41. The number of hydrogen-bond acceptors (Lipinski definition) is 10. The zero-order chi connectivity index (χ0) is 32.1. The summed E-state index contributed by atoms with van der Waals surface area (Å²) in [4.78, 5) is 19.5. The van der Waals surface area contributed by atoms with Gasteiger partial charge in [-0.1, -0.05) is 18.2 Å². The third kappa shape index (κ3) is 7.16. The van der Waals surface area contributed by atoms with Gasteiger partial charge >= 0.3 is 0 Å². The maximum atomic E-state index is 13.5. The molecule has 0 spiro atoms. The first kappa shape index (κ1) is 31.5. The van der Waals surface area contributed by atoms with E-state index in [1.165, 1.54) is 30.7 Å². The second kappa shape index (κ2) is 13.5. The van der Waals surface area contributed by atoms with Crippen LogP contribution in [0.2, 0.25) is 0 Å². The molecule has 0 fully saturated rings. The Kier molecular flexibility index (Phi) is 9.24. The van der Waals surface area contributed by atoms with Crippen LogP contribution in [0.5, 0.6) is 5.75 Å². The number of pyridine rings is 2. The van der Waals surface area contributed by atoms with Crippen molar-refractivity contribution >= 4 is 48.2 Å². The summed E-state index contributed by atoms with van der Waals surface area (Å²) in [6.45, 7) is 0.907. The number of aromatic nitrogens is 4. The Morgan fingerprint density at radius 2 is 1.96 bits per heavy atom. The average molecular weight is 706 g/mol. The molecule has 1 atom stereocenters. The number of nitrogens with one attached hydrogen (secondary N) is 1. The van der Waals surface area contributed by atoms with Crippen molar-refractivity contribution in [2.75, 3.05) is 31.2 Å². The van der Waals surface area contributed by atoms with Crippen LogP contribution in [0, 0.1) is 5.82 Å². The van der Waals surface area contributed by atoms with Crippen molar-refractivity contribution < 1.29 is 22.3 Å². The van der Waals surface area contributed by atoms with Gasteiger partial charge in [-0.05, 0) is 83.1 Å². The smallest absolute Gasteiger partial charge is 0.196 e. The predicted octanol–water partition coefficient (Wildman–Crippen LogP) is 6.18. The molecule has 0 bridgehead atoms. The third-order valence-electron chi connectivity index (χ3n) is 7.53. The first-order chi connectivity index (χ1) is 22.2. The maximum Gasteiger partial charge on any atom is 0.196 e. The van der Waals surface area contributed by atoms with E-state index in [9.17, 15) is 12.8 Å². The Morgan fingerprint density at radius 3 is 2.72 bits per heavy atom. The van der Waals surface area contributed by atoms with E-state index in [2.05, 4.69) is 36.2 Å². The van der Waals surface area contributed by atoms with Crippen LogP contribution in [-0.2, 0) is 26.8 Å². The molecule has 0 aliphatic carbocycles. The lowest BCUT2D eigenvalue weighted by molar-refractivity contribution is 0.00859. The van der Waals surface area contributed by atoms with E-state index in [1.54, 1.807) is 36.7 Å². The van der Waals surface area contributed by atoms with Crippen molar-refractivity contribution in [3.05, 3.63) is 119 Å². The van der Waals surface area contributed by atoms with Gasteiger partial charge in [-0.2, -0.15) is 0 Å². The fraction of sp³-hybridized carbons (Fsp3) is 0.212. The van der Waals surface area contributed by atoms with E-state index >= 15 is 0 Å². The van der Waals surface area contributed by atoms with E-state index in [4.69, 9.17) is 14.5 Å². The van der Waals surface area contributed by atoms with E-state index in [1.807, 2.05) is 42.3 Å².